The Morgan fingerprint density at radius 2 is 1.96 bits per heavy atom. The molecule has 0 saturated carbocycles. The molecule has 2 aromatic carbocycles. The number of aromatic nitrogens is 1. The molecular formula is C18H14ClN3O2. The number of benzene rings is 2. The molecule has 1 aromatic heterocycles. The summed E-state index contributed by atoms with van der Waals surface area (Å²) < 4.78 is 0. The second-order valence-corrected chi connectivity index (χ2v) is 6.29. The summed E-state index contributed by atoms with van der Waals surface area (Å²) in [5.41, 5.74) is 9.89. The molecule has 0 radical (unpaired) electrons. The molecular weight excluding hydrogens is 326 g/mol. The first-order chi connectivity index (χ1) is 11.5. The minimum atomic E-state index is -0.181. The van der Waals surface area contributed by atoms with Gasteiger partial charge in [0, 0.05) is 33.6 Å². The Bertz CT molecular complexity index is 1010. The van der Waals surface area contributed by atoms with Crippen LogP contribution in [0.15, 0.2) is 36.4 Å². The van der Waals surface area contributed by atoms with Gasteiger partial charge in [-0.05, 0) is 48.4 Å². The predicted molar refractivity (Wildman–Crippen MR) is 94.5 cm³/mol. The number of carbonyl (C=O) groups is 2. The maximum atomic E-state index is 12.8. The largest absolute Gasteiger partial charge is 0.396 e. The zero-order valence-corrected chi connectivity index (χ0v) is 13.4. The second-order valence-electron chi connectivity index (χ2n) is 5.85. The maximum absolute atomic E-state index is 12.8. The summed E-state index contributed by atoms with van der Waals surface area (Å²) in [4.78, 5) is 27.3. The van der Waals surface area contributed by atoms with Crippen LogP contribution >= 0.6 is 11.6 Å². The van der Waals surface area contributed by atoms with Crippen molar-refractivity contribution in [2.75, 3.05) is 11.1 Å². The van der Waals surface area contributed by atoms with E-state index in [2.05, 4.69) is 10.3 Å². The molecule has 0 saturated heterocycles. The highest BCUT2D eigenvalue weighted by Gasteiger charge is 2.20. The van der Waals surface area contributed by atoms with Crippen LogP contribution in [0.5, 0.6) is 0 Å². The zero-order chi connectivity index (χ0) is 16.8. The molecule has 0 atom stereocenters. The number of aromatic amines is 1. The van der Waals surface area contributed by atoms with E-state index in [4.69, 9.17) is 17.3 Å². The molecule has 0 aliphatic carbocycles. The molecule has 2 heterocycles. The lowest BCUT2D eigenvalue weighted by atomic mass is 9.97. The molecule has 1 amide bonds. The van der Waals surface area contributed by atoms with E-state index in [1.54, 1.807) is 30.3 Å². The summed E-state index contributed by atoms with van der Waals surface area (Å²) in [7, 11) is 0. The van der Waals surface area contributed by atoms with Gasteiger partial charge in [-0.25, -0.2) is 0 Å². The maximum Gasteiger partial charge on any atom is 0.224 e. The second kappa shape index (κ2) is 5.39. The van der Waals surface area contributed by atoms with Crippen LogP contribution in [0.4, 0.5) is 11.4 Å². The molecule has 0 fully saturated rings. The first-order valence-electron chi connectivity index (χ1n) is 7.57. The molecule has 4 rings (SSSR count). The number of halogens is 1. The van der Waals surface area contributed by atoms with Crippen LogP contribution in [-0.4, -0.2) is 16.7 Å². The quantitative estimate of drug-likeness (QED) is 0.624. The van der Waals surface area contributed by atoms with Gasteiger partial charge in [0.25, 0.3) is 0 Å². The molecule has 1 aliphatic heterocycles. The third-order valence-electron chi connectivity index (χ3n) is 4.29. The van der Waals surface area contributed by atoms with E-state index in [1.807, 2.05) is 6.07 Å². The minimum absolute atomic E-state index is 0.00156. The van der Waals surface area contributed by atoms with Crippen LogP contribution in [-0.2, 0) is 11.2 Å². The van der Waals surface area contributed by atoms with Crippen LogP contribution in [0.1, 0.15) is 28.0 Å². The number of amides is 1. The van der Waals surface area contributed by atoms with Gasteiger partial charge in [0.15, 0.2) is 0 Å². The van der Waals surface area contributed by atoms with Crippen molar-refractivity contribution in [3.8, 4) is 0 Å². The van der Waals surface area contributed by atoms with Crippen molar-refractivity contribution >= 4 is 45.6 Å². The fourth-order valence-corrected chi connectivity index (χ4v) is 3.21. The van der Waals surface area contributed by atoms with Gasteiger partial charge in [-0.1, -0.05) is 11.6 Å². The summed E-state index contributed by atoms with van der Waals surface area (Å²) in [5, 5.41) is 4.15. The number of H-pyrrole nitrogens is 1. The Balaban J connectivity index is 1.76. The van der Waals surface area contributed by atoms with Gasteiger partial charge < -0.3 is 16.0 Å². The summed E-state index contributed by atoms with van der Waals surface area (Å²) in [6.45, 7) is 0. The average Bonchev–Trinajstić information content (AvgIpc) is 2.89. The summed E-state index contributed by atoms with van der Waals surface area (Å²) in [6.07, 6.45) is 1.05. The molecule has 1 aliphatic rings. The molecule has 0 spiro atoms. The number of nitrogen functional groups attached to an aromatic ring is 1. The highest BCUT2D eigenvalue weighted by Crippen LogP contribution is 2.30. The van der Waals surface area contributed by atoms with E-state index in [9.17, 15) is 9.59 Å². The topological polar surface area (TPSA) is 88.0 Å². The average molecular weight is 340 g/mol. The van der Waals surface area contributed by atoms with Gasteiger partial charge in [0.05, 0.1) is 5.69 Å². The number of anilines is 2. The Hall–Kier alpha value is -2.79. The normalized spacial score (nSPS) is 13.6. The van der Waals surface area contributed by atoms with Crippen LogP contribution in [0.25, 0.3) is 10.9 Å². The number of hydrogen-bond acceptors (Lipinski definition) is 3. The van der Waals surface area contributed by atoms with Crippen molar-refractivity contribution in [1.82, 2.24) is 4.98 Å². The molecule has 0 bridgehead atoms. The van der Waals surface area contributed by atoms with Crippen LogP contribution in [0.2, 0.25) is 5.02 Å². The number of ketones is 1. The van der Waals surface area contributed by atoms with Gasteiger partial charge in [0.1, 0.15) is 5.69 Å². The third-order valence-corrected chi connectivity index (χ3v) is 4.53. The van der Waals surface area contributed by atoms with E-state index >= 15 is 0 Å². The molecule has 6 heteroatoms. The first-order valence-corrected chi connectivity index (χ1v) is 7.95. The number of aryl methyl sites for hydroxylation is 1. The van der Waals surface area contributed by atoms with E-state index in [0.717, 1.165) is 22.2 Å². The van der Waals surface area contributed by atoms with Crippen molar-refractivity contribution in [2.45, 2.75) is 12.8 Å². The lowest BCUT2D eigenvalue weighted by molar-refractivity contribution is -0.116. The highest BCUT2D eigenvalue weighted by atomic mass is 35.5. The molecule has 120 valence electrons. The van der Waals surface area contributed by atoms with Crippen LogP contribution in [0.3, 0.4) is 0 Å². The van der Waals surface area contributed by atoms with E-state index < -0.39 is 0 Å². The summed E-state index contributed by atoms with van der Waals surface area (Å²) in [5.74, 6) is -0.183. The fraction of sp³-hybridized carbons (Fsp3) is 0.111. The molecule has 0 unspecified atom stereocenters. The van der Waals surface area contributed by atoms with Crippen molar-refractivity contribution in [2.24, 2.45) is 0 Å². The predicted octanol–water partition coefficient (Wildman–Crippen LogP) is 3.52. The van der Waals surface area contributed by atoms with Crippen molar-refractivity contribution in [1.29, 1.82) is 0 Å². The zero-order valence-electron chi connectivity index (χ0n) is 12.7. The van der Waals surface area contributed by atoms with Gasteiger partial charge in [-0.2, -0.15) is 0 Å². The number of carbonyl (C=O) groups excluding carboxylic acids is 2. The van der Waals surface area contributed by atoms with Gasteiger partial charge in [-0.15, -0.1) is 0 Å². The van der Waals surface area contributed by atoms with Gasteiger partial charge in [0.2, 0.25) is 11.7 Å². The molecule has 5 nitrogen and oxygen atoms in total. The monoisotopic (exact) mass is 339 g/mol. The highest BCUT2D eigenvalue weighted by molar-refractivity contribution is 6.31. The number of nitrogens with two attached hydrogens (primary N) is 1. The summed E-state index contributed by atoms with van der Waals surface area (Å²) >= 11 is 5.99. The van der Waals surface area contributed by atoms with E-state index in [-0.39, 0.29) is 11.7 Å². The number of hydrogen-bond donors (Lipinski definition) is 3. The molecule has 24 heavy (non-hydrogen) atoms. The van der Waals surface area contributed by atoms with Gasteiger partial charge in [-0.3, -0.25) is 9.59 Å². The lowest BCUT2D eigenvalue weighted by Gasteiger charge is -2.17. The minimum Gasteiger partial charge on any atom is -0.396 e. The lowest BCUT2D eigenvalue weighted by Crippen LogP contribution is -2.19. The van der Waals surface area contributed by atoms with Gasteiger partial charge >= 0.3 is 0 Å². The SMILES string of the molecule is Nc1c(C(=O)c2ccc3c(c2)CCC(=O)N3)[nH]c2cc(Cl)ccc12. The van der Waals surface area contributed by atoms with E-state index in [1.165, 1.54) is 0 Å². The smallest absolute Gasteiger partial charge is 0.224 e. The number of nitrogens with one attached hydrogen (secondary N) is 2. The number of fused-ring (bicyclic) bond motifs is 2. The van der Waals surface area contributed by atoms with Crippen LogP contribution in [0, 0.1) is 0 Å². The van der Waals surface area contributed by atoms with Crippen molar-refractivity contribution in [3.05, 3.63) is 58.2 Å². The Labute approximate surface area is 142 Å². The Kier molecular flexibility index (Phi) is 3.32. The molecule has 3 aromatic rings. The Morgan fingerprint density at radius 3 is 2.79 bits per heavy atom. The number of rotatable bonds is 2. The standard InChI is InChI=1S/C18H14ClN3O2/c19-11-3-4-12-14(8-11)22-17(16(12)20)18(24)10-1-5-13-9(7-10)2-6-15(23)21-13/h1,3-5,7-8,22H,2,6,20H2,(H,21,23). The van der Waals surface area contributed by atoms with Crippen molar-refractivity contribution in [3.63, 3.8) is 0 Å². The fourth-order valence-electron chi connectivity index (χ4n) is 3.04. The first kappa shape index (κ1) is 14.8. The van der Waals surface area contributed by atoms with E-state index in [0.29, 0.717) is 34.8 Å². The van der Waals surface area contributed by atoms with Crippen molar-refractivity contribution < 1.29 is 9.59 Å². The van der Waals surface area contributed by atoms with Crippen LogP contribution < -0.4 is 11.1 Å². The Morgan fingerprint density at radius 1 is 1.12 bits per heavy atom. The molecule has 4 N–H and O–H groups in total. The third kappa shape index (κ3) is 2.34. The summed E-state index contributed by atoms with van der Waals surface area (Å²) in [6, 6.07) is 10.5.